The Morgan fingerprint density at radius 2 is 1.43 bits per heavy atom. The number of nitrogens with one attached hydrogen (secondary N) is 5. The maximum absolute atomic E-state index is 13.2. The third-order valence-electron chi connectivity index (χ3n) is 6.53. The standard InChI is InChI=1S/C26H43N7O11/c1-13(2)9-15(27)26(44)33-8-4-5-17(33)24(42)31-16(6-7-20(37)38)23(41)32-22(14(3)34)25(43)30-11-19(36)28-10-18(35)29-12-21(39)40/h13-17,22,34H,4-12,27H2,1-3H3,(H,28,36)(H,29,35)(H,30,43)(H,31,42)(H,32,41)(H,37,38)(H,39,40)/t14-,15+,16+,17+,22+/m1/s1. The summed E-state index contributed by atoms with van der Waals surface area (Å²) in [6.45, 7) is 3.35. The number of rotatable bonds is 18. The van der Waals surface area contributed by atoms with E-state index in [2.05, 4.69) is 21.3 Å². The molecule has 1 aliphatic rings. The van der Waals surface area contributed by atoms with Gasteiger partial charge >= 0.3 is 11.9 Å². The van der Waals surface area contributed by atoms with Crippen LogP contribution in [0.25, 0.3) is 0 Å². The van der Waals surface area contributed by atoms with Crippen molar-refractivity contribution in [2.75, 3.05) is 26.2 Å². The molecule has 18 heteroatoms. The first kappa shape index (κ1) is 37.7. The van der Waals surface area contributed by atoms with E-state index in [0.29, 0.717) is 19.3 Å². The number of amides is 6. The van der Waals surface area contributed by atoms with Crippen LogP contribution >= 0.6 is 0 Å². The van der Waals surface area contributed by atoms with E-state index < -0.39 is 104 Å². The molecule has 0 unspecified atom stereocenters. The molecule has 1 aliphatic heterocycles. The lowest BCUT2D eigenvalue weighted by Crippen LogP contribution is -2.59. The van der Waals surface area contributed by atoms with Crippen LogP contribution in [0.5, 0.6) is 0 Å². The number of aliphatic carboxylic acids is 2. The SMILES string of the molecule is CC(C)C[C@H](N)C(=O)N1CCC[C@H]1C(=O)N[C@@H](CCC(=O)O)C(=O)N[C@H](C(=O)NCC(=O)NCC(=O)NCC(=O)O)[C@@H](C)O. The van der Waals surface area contributed by atoms with Gasteiger partial charge in [0, 0.05) is 13.0 Å². The van der Waals surface area contributed by atoms with Gasteiger partial charge in [0.25, 0.3) is 0 Å². The molecule has 1 rings (SSSR count). The van der Waals surface area contributed by atoms with Crippen molar-refractivity contribution in [3.05, 3.63) is 0 Å². The van der Waals surface area contributed by atoms with E-state index in [1.54, 1.807) is 0 Å². The van der Waals surface area contributed by atoms with Gasteiger partial charge < -0.3 is 52.5 Å². The van der Waals surface area contributed by atoms with Gasteiger partial charge in [-0.2, -0.15) is 0 Å². The fourth-order valence-electron chi connectivity index (χ4n) is 4.34. The Labute approximate surface area is 253 Å². The highest BCUT2D eigenvalue weighted by Crippen LogP contribution is 2.20. The summed E-state index contributed by atoms with van der Waals surface area (Å²) < 4.78 is 0. The number of aliphatic hydroxyl groups excluding tert-OH is 1. The molecule has 0 bridgehead atoms. The molecule has 248 valence electrons. The Morgan fingerprint density at radius 1 is 0.841 bits per heavy atom. The van der Waals surface area contributed by atoms with Gasteiger partial charge in [0.05, 0.1) is 25.2 Å². The lowest BCUT2D eigenvalue weighted by Gasteiger charge is -2.29. The summed E-state index contributed by atoms with van der Waals surface area (Å²) in [4.78, 5) is 98.3. The molecule has 0 aromatic carbocycles. The number of hydrogen-bond donors (Lipinski definition) is 9. The second-order valence-electron chi connectivity index (χ2n) is 10.8. The zero-order valence-electron chi connectivity index (χ0n) is 25.0. The van der Waals surface area contributed by atoms with Crippen LogP contribution in [-0.4, -0.2) is 124 Å². The van der Waals surface area contributed by atoms with Gasteiger partial charge in [-0.3, -0.25) is 38.4 Å². The zero-order chi connectivity index (χ0) is 33.6. The van der Waals surface area contributed by atoms with E-state index in [1.165, 1.54) is 11.8 Å². The van der Waals surface area contributed by atoms with Gasteiger partial charge in [0.1, 0.15) is 24.7 Å². The average Bonchev–Trinajstić information content (AvgIpc) is 3.43. The minimum atomic E-state index is -1.63. The molecule has 18 nitrogen and oxygen atoms in total. The Bertz CT molecular complexity index is 1080. The van der Waals surface area contributed by atoms with Gasteiger partial charge in [-0.05, 0) is 38.5 Å². The topological polar surface area (TPSA) is 287 Å². The summed E-state index contributed by atoms with van der Waals surface area (Å²) in [6, 6.07) is -4.85. The molecule has 44 heavy (non-hydrogen) atoms. The number of nitrogens with zero attached hydrogens (tertiary/aromatic N) is 1. The minimum Gasteiger partial charge on any atom is -0.481 e. The first-order valence-corrected chi connectivity index (χ1v) is 14.1. The number of carbonyl (C=O) groups excluding carboxylic acids is 6. The first-order chi connectivity index (χ1) is 20.5. The largest absolute Gasteiger partial charge is 0.481 e. The monoisotopic (exact) mass is 629 g/mol. The van der Waals surface area contributed by atoms with Crippen LogP contribution in [0.3, 0.4) is 0 Å². The summed E-state index contributed by atoms with van der Waals surface area (Å²) in [5, 5.41) is 38.8. The van der Waals surface area contributed by atoms with Crippen LogP contribution in [0.2, 0.25) is 0 Å². The summed E-state index contributed by atoms with van der Waals surface area (Å²) in [5.41, 5.74) is 6.02. The van der Waals surface area contributed by atoms with Gasteiger partial charge in [-0.15, -0.1) is 0 Å². The smallest absolute Gasteiger partial charge is 0.322 e. The van der Waals surface area contributed by atoms with Crippen LogP contribution in [0.1, 0.15) is 52.9 Å². The number of hydrogen-bond acceptors (Lipinski definition) is 10. The van der Waals surface area contributed by atoms with Crippen molar-refractivity contribution in [2.24, 2.45) is 11.7 Å². The highest BCUT2D eigenvalue weighted by atomic mass is 16.4. The average molecular weight is 630 g/mol. The van der Waals surface area contributed by atoms with E-state index in [0.717, 1.165) is 0 Å². The maximum atomic E-state index is 13.2. The van der Waals surface area contributed by atoms with E-state index in [1.807, 2.05) is 19.2 Å². The van der Waals surface area contributed by atoms with Gasteiger partial charge in [-0.1, -0.05) is 13.8 Å². The van der Waals surface area contributed by atoms with E-state index in [4.69, 9.17) is 15.9 Å². The molecule has 0 radical (unpaired) electrons. The molecule has 10 N–H and O–H groups in total. The van der Waals surface area contributed by atoms with Gasteiger partial charge in [-0.25, -0.2) is 0 Å². The first-order valence-electron chi connectivity index (χ1n) is 14.1. The quantitative estimate of drug-likeness (QED) is 0.0701. The summed E-state index contributed by atoms with van der Waals surface area (Å²) in [6.07, 6.45) is -1.20. The van der Waals surface area contributed by atoms with E-state index in [9.17, 15) is 43.5 Å². The van der Waals surface area contributed by atoms with Crippen LogP contribution in [-0.2, 0) is 38.4 Å². The number of nitrogens with two attached hydrogens (primary N) is 1. The van der Waals surface area contributed by atoms with Crippen molar-refractivity contribution in [2.45, 2.75) is 83.1 Å². The molecule has 1 heterocycles. The van der Waals surface area contributed by atoms with Crippen molar-refractivity contribution in [3.8, 4) is 0 Å². The Morgan fingerprint density at radius 3 is 1.98 bits per heavy atom. The molecule has 0 saturated carbocycles. The third kappa shape index (κ3) is 13.3. The van der Waals surface area contributed by atoms with Crippen LogP contribution in [0.15, 0.2) is 0 Å². The number of aliphatic hydroxyl groups is 1. The van der Waals surface area contributed by atoms with E-state index >= 15 is 0 Å². The fourth-order valence-corrected chi connectivity index (χ4v) is 4.34. The maximum Gasteiger partial charge on any atom is 0.322 e. The Kier molecular flexibility index (Phi) is 15.7. The van der Waals surface area contributed by atoms with Gasteiger partial charge in [0.15, 0.2) is 0 Å². The number of carboxylic acids is 2. The molecule has 6 amide bonds. The van der Waals surface area contributed by atoms with Crippen molar-refractivity contribution in [1.82, 2.24) is 31.5 Å². The van der Waals surface area contributed by atoms with Crippen LogP contribution in [0, 0.1) is 5.92 Å². The third-order valence-corrected chi connectivity index (χ3v) is 6.53. The second kappa shape index (κ2) is 18.4. The minimum absolute atomic E-state index is 0.137. The Balaban J connectivity index is 2.87. The molecule has 0 spiro atoms. The second-order valence-corrected chi connectivity index (χ2v) is 10.8. The Hall–Kier alpha value is -4.32. The van der Waals surface area contributed by atoms with Gasteiger partial charge in [0.2, 0.25) is 35.4 Å². The van der Waals surface area contributed by atoms with Crippen molar-refractivity contribution in [1.29, 1.82) is 0 Å². The molecular weight excluding hydrogens is 586 g/mol. The molecule has 1 fully saturated rings. The number of carboxylic acid groups (broad SMARTS) is 2. The van der Waals surface area contributed by atoms with Crippen molar-refractivity contribution >= 4 is 47.4 Å². The molecule has 5 atom stereocenters. The van der Waals surface area contributed by atoms with Crippen molar-refractivity contribution in [3.63, 3.8) is 0 Å². The molecule has 0 aliphatic carbocycles. The lowest BCUT2D eigenvalue weighted by atomic mass is 10.0. The van der Waals surface area contributed by atoms with Crippen molar-refractivity contribution < 1.29 is 53.7 Å². The fraction of sp³-hybridized carbons (Fsp3) is 0.692. The normalized spacial score (nSPS) is 17.0. The molecule has 1 saturated heterocycles. The summed E-state index contributed by atoms with van der Waals surface area (Å²) in [5.74, 6) is -7.17. The summed E-state index contributed by atoms with van der Waals surface area (Å²) in [7, 11) is 0. The molecule has 0 aromatic heterocycles. The number of carbonyl (C=O) groups is 8. The zero-order valence-corrected chi connectivity index (χ0v) is 25.0. The lowest BCUT2D eigenvalue weighted by molar-refractivity contribution is -0.141. The van der Waals surface area contributed by atoms with Crippen LogP contribution in [0.4, 0.5) is 0 Å². The predicted molar refractivity (Wildman–Crippen MR) is 151 cm³/mol. The predicted octanol–water partition coefficient (Wildman–Crippen LogP) is -4.00. The number of likely N-dealkylation sites (tertiary alicyclic amines) is 1. The molecular formula is C26H43N7O11. The molecule has 0 aromatic rings. The van der Waals surface area contributed by atoms with E-state index in [-0.39, 0.29) is 18.9 Å². The highest BCUT2D eigenvalue weighted by molar-refractivity contribution is 5.96. The highest BCUT2D eigenvalue weighted by Gasteiger charge is 2.38. The van der Waals surface area contributed by atoms with Crippen LogP contribution < -0.4 is 32.3 Å². The summed E-state index contributed by atoms with van der Waals surface area (Å²) >= 11 is 0.